The summed E-state index contributed by atoms with van der Waals surface area (Å²) in [6.45, 7) is 0. The summed E-state index contributed by atoms with van der Waals surface area (Å²) in [5.74, 6) is 7.45. The van der Waals surface area contributed by atoms with E-state index in [1.165, 1.54) is 0 Å². The third-order valence-corrected chi connectivity index (χ3v) is 1.98. The molecule has 74 valence electrons. The molecule has 1 aromatic carbocycles. The van der Waals surface area contributed by atoms with Gasteiger partial charge in [0.2, 0.25) is 0 Å². The van der Waals surface area contributed by atoms with Gasteiger partial charge in [0.25, 0.3) is 0 Å². The van der Waals surface area contributed by atoms with Crippen LogP contribution in [0.25, 0.3) is 0 Å². The Morgan fingerprint density at radius 2 is 2.07 bits per heavy atom. The highest BCUT2D eigenvalue weighted by Gasteiger charge is 2.01. The number of ether oxygens (including phenoxy) is 2. The van der Waals surface area contributed by atoms with E-state index < -0.39 is 0 Å². The number of benzene rings is 1. The normalized spacial score (nSPS) is 8.79. The second-order valence-corrected chi connectivity index (χ2v) is 3.06. The van der Waals surface area contributed by atoms with Crippen LogP contribution in [0.15, 0.2) is 18.2 Å². The summed E-state index contributed by atoms with van der Waals surface area (Å²) in [6, 6.07) is 5.55. The Bertz CT molecular complexity index is 363. The monoisotopic (exact) mass is 254 g/mol. The number of hydrogen-bond acceptors (Lipinski definition) is 2. The van der Waals surface area contributed by atoms with Gasteiger partial charge in [-0.1, -0.05) is 27.8 Å². The molecule has 0 aliphatic rings. The lowest BCUT2D eigenvalue weighted by molar-refractivity contribution is 0.402. The third-order valence-electron chi connectivity index (χ3n) is 1.70. The summed E-state index contributed by atoms with van der Waals surface area (Å²) in [5.41, 5.74) is 0.839. The van der Waals surface area contributed by atoms with Crippen molar-refractivity contribution < 1.29 is 9.47 Å². The Morgan fingerprint density at radius 1 is 1.29 bits per heavy atom. The minimum atomic E-state index is 0.646. The van der Waals surface area contributed by atoms with E-state index in [0.29, 0.717) is 5.33 Å². The van der Waals surface area contributed by atoms with Gasteiger partial charge in [0.15, 0.2) is 0 Å². The molecule has 0 aliphatic heterocycles. The van der Waals surface area contributed by atoms with Gasteiger partial charge in [-0.2, -0.15) is 0 Å². The molecule has 0 fully saturated rings. The Morgan fingerprint density at radius 3 is 2.64 bits per heavy atom. The van der Waals surface area contributed by atoms with E-state index in [2.05, 4.69) is 27.8 Å². The molecular weight excluding hydrogens is 244 g/mol. The van der Waals surface area contributed by atoms with Crippen molar-refractivity contribution in [1.29, 1.82) is 0 Å². The van der Waals surface area contributed by atoms with E-state index in [9.17, 15) is 0 Å². The van der Waals surface area contributed by atoms with Gasteiger partial charge < -0.3 is 9.47 Å². The molecular formula is C11H11BrO2. The molecule has 0 atom stereocenters. The highest BCUT2D eigenvalue weighted by molar-refractivity contribution is 9.09. The Hall–Kier alpha value is -1.14. The molecule has 0 aliphatic carbocycles. The molecule has 0 unspecified atom stereocenters. The van der Waals surface area contributed by atoms with E-state index in [4.69, 9.17) is 9.47 Å². The molecule has 1 rings (SSSR count). The van der Waals surface area contributed by atoms with Gasteiger partial charge in [-0.3, -0.25) is 0 Å². The van der Waals surface area contributed by atoms with Crippen molar-refractivity contribution in [2.45, 2.75) is 0 Å². The van der Waals surface area contributed by atoms with Crippen molar-refractivity contribution in [3.05, 3.63) is 23.8 Å². The van der Waals surface area contributed by atoms with Crippen LogP contribution in [0.5, 0.6) is 11.5 Å². The molecule has 0 N–H and O–H groups in total. The average molecular weight is 255 g/mol. The van der Waals surface area contributed by atoms with Crippen molar-refractivity contribution >= 4 is 15.9 Å². The summed E-state index contributed by atoms with van der Waals surface area (Å²) in [5, 5.41) is 0.646. The van der Waals surface area contributed by atoms with Crippen molar-refractivity contribution in [1.82, 2.24) is 0 Å². The van der Waals surface area contributed by atoms with Crippen LogP contribution in [-0.2, 0) is 0 Å². The second kappa shape index (κ2) is 5.56. The Kier molecular flexibility index (Phi) is 4.34. The molecule has 0 saturated carbocycles. The number of alkyl halides is 1. The Labute approximate surface area is 92.3 Å². The number of hydrogen-bond donors (Lipinski definition) is 0. The first kappa shape index (κ1) is 10.9. The number of halogens is 1. The van der Waals surface area contributed by atoms with Crippen LogP contribution in [-0.4, -0.2) is 19.5 Å². The van der Waals surface area contributed by atoms with Gasteiger partial charge in [-0.15, -0.1) is 0 Å². The van der Waals surface area contributed by atoms with Gasteiger partial charge >= 0.3 is 0 Å². The molecule has 0 amide bonds. The fourth-order valence-electron chi connectivity index (χ4n) is 1.04. The van der Waals surface area contributed by atoms with E-state index in [-0.39, 0.29) is 0 Å². The summed E-state index contributed by atoms with van der Waals surface area (Å²) in [7, 11) is 3.25. The molecule has 2 nitrogen and oxygen atoms in total. The summed E-state index contributed by atoms with van der Waals surface area (Å²) < 4.78 is 10.3. The van der Waals surface area contributed by atoms with Crippen molar-refractivity contribution in [2.24, 2.45) is 0 Å². The van der Waals surface area contributed by atoms with E-state index in [0.717, 1.165) is 17.1 Å². The molecule has 1 aromatic rings. The molecule has 3 heteroatoms. The predicted octanol–water partition coefficient (Wildman–Crippen LogP) is 2.45. The van der Waals surface area contributed by atoms with Crippen LogP contribution in [0, 0.1) is 11.8 Å². The topological polar surface area (TPSA) is 18.5 Å². The minimum absolute atomic E-state index is 0.646. The first-order valence-electron chi connectivity index (χ1n) is 4.08. The second-order valence-electron chi connectivity index (χ2n) is 2.50. The predicted molar refractivity (Wildman–Crippen MR) is 60.2 cm³/mol. The lowest BCUT2D eigenvalue weighted by Crippen LogP contribution is -1.90. The van der Waals surface area contributed by atoms with Gasteiger partial charge in [-0.25, -0.2) is 0 Å². The SMILES string of the molecule is COc1ccc(OC)c(C#CCBr)c1. The quantitative estimate of drug-likeness (QED) is 0.597. The maximum atomic E-state index is 5.17. The molecule has 0 bridgehead atoms. The largest absolute Gasteiger partial charge is 0.497 e. The standard InChI is InChI=1S/C11H11BrO2/c1-13-10-5-6-11(14-2)9(8-10)4-3-7-12/h5-6,8H,7H2,1-2H3. The molecule has 0 saturated heterocycles. The summed E-state index contributed by atoms with van der Waals surface area (Å²) in [4.78, 5) is 0. The smallest absolute Gasteiger partial charge is 0.134 e. The molecule has 0 spiro atoms. The van der Waals surface area contributed by atoms with Crippen molar-refractivity contribution in [3.63, 3.8) is 0 Å². The van der Waals surface area contributed by atoms with Crippen LogP contribution in [0.2, 0.25) is 0 Å². The zero-order valence-corrected chi connectivity index (χ0v) is 9.72. The van der Waals surface area contributed by atoms with Gasteiger partial charge in [0.05, 0.1) is 25.1 Å². The zero-order chi connectivity index (χ0) is 10.4. The molecule has 0 heterocycles. The van der Waals surface area contributed by atoms with Crippen LogP contribution >= 0.6 is 15.9 Å². The van der Waals surface area contributed by atoms with Crippen LogP contribution in [0.4, 0.5) is 0 Å². The number of rotatable bonds is 2. The maximum Gasteiger partial charge on any atom is 0.134 e. The zero-order valence-electron chi connectivity index (χ0n) is 8.13. The highest BCUT2D eigenvalue weighted by Crippen LogP contribution is 2.22. The summed E-state index contributed by atoms with van der Waals surface area (Å²) in [6.07, 6.45) is 0. The van der Waals surface area contributed by atoms with Crippen LogP contribution < -0.4 is 9.47 Å². The van der Waals surface area contributed by atoms with Crippen molar-refractivity contribution in [3.8, 4) is 23.3 Å². The first-order chi connectivity index (χ1) is 6.81. The maximum absolute atomic E-state index is 5.17. The fourth-order valence-corrected chi connectivity index (χ4v) is 1.18. The summed E-state index contributed by atoms with van der Waals surface area (Å²) >= 11 is 3.24. The van der Waals surface area contributed by atoms with Gasteiger partial charge in [-0.05, 0) is 18.2 Å². The van der Waals surface area contributed by atoms with Gasteiger partial charge in [0.1, 0.15) is 11.5 Å². The lowest BCUT2D eigenvalue weighted by atomic mass is 10.2. The number of methoxy groups -OCH3 is 2. The Balaban J connectivity index is 3.08. The van der Waals surface area contributed by atoms with Gasteiger partial charge in [0, 0.05) is 0 Å². The minimum Gasteiger partial charge on any atom is -0.497 e. The first-order valence-corrected chi connectivity index (χ1v) is 5.21. The molecule has 0 radical (unpaired) electrons. The molecule has 14 heavy (non-hydrogen) atoms. The molecule has 0 aromatic heterocycles. The fraction of sp³-hybridized carbons (Fsp3) is 0.273. The highest BCUT2D eigenvalue weighted by atomic mass is 79.9. The van der Waals surface area contributed by atoms with E-state index >= 15 is 0 Å². The van der Waals surface area contributed by atoms with Crippen LogP contribution in [0.3, 0.4) is 0 Å². The van der Waals surface area contributed by atoms with E-state index in [1.54, 1.807) is 14.2 Å². The average Bonchev–Trinajstić information content (AvgIpc) is 2.25. The van der Waals surface area contributed by atoms with Crippen LogP contribution in [0.1, 0.15) is 5.56 Å². The van der Waals surface area contributed by atoms with Crippen molar-refractivity contribution in [2.75, 3.05) is 19.5 Å². The third kappa shape index (κ3) is 2.68. The lowest BCUT2D eigenvalue weighted by Gasteiger charge is -2.05. The van der Waals surface area contributed by atoms with E-state index in [1.807, 2.05) is 18.2 Å².